The maximum absolute atomic E-state index is 13.6. The molecular weight excluding hydrogens is 520 g/mol. The molecule has 0 saturated heterocycles. The van der Waals surface area contributed by atoms with Gasteiger partial charge in [0.25, 0.3) is 0 Å². The molecular formula is C28H34N4O6S. The van der Waals surface area contributed by atoms with Crippen molar-refractivity contribution in [3.05, 3.63) is 101 Å². The van der Waals surface area contributed by atoms with E-state index in [1.54, 1.807) is 24.5 Å². The van der Waals surface area contributed by atoms with Crippen molar-refractivity contribution >= 4 is 16.1 Å². The standard InChI is InChI=1S/C28H34N4O6S/c1-21(2)18-31(39(37,38)25-10-8-23(9-11-25)17-30-36)20-27(33)26(16-22-6-4-3-5-7-22)32(28(34)35)19-24-12-14-29-15-13-24/h3-15,21,26-27,33H,16-20H2,1-2H3,(H,34,35)/t26-,27+/m0/s1. The summed E-state index contributed by atoms with van der Waals surface area (Å²) in [6, 6.07) is 17.5. The highest BCUT2D eigenvalue weighted by Crippen LogP contribution is 2.22. The molecule has 0 aliphatic heterocycles. The summed E-state index contributed by atoms with van der Waals surface area (Å²) in [6.45, 7) is 3.46. The molecule has 208 valence electrons. The molecule has 0 fully saturated rings. The molecule has 0 radical (unpaired) electrons. The fourth-order valence-electron chi connectivity index (χ4n) is 4.32. The van der Waals surface area contributed by atoms with E-state index in [1.165, 1.54) is 28.6 Å². The van der Waals surface area contributed by atoms with Crippen LogP contribution in [0.15, 0.2) is 89.2 Å². The SMILES string of the molecule is CC(C)CN(C[C@@H](O)[C@H](Cc1ccccc1)N(Cc1ccncc1)C(=O)O)S(=O)(=O)c1ccc(CN=O)cc1. The Balaban J connectivity index is 1.95. The molecule has 0 aliphatic rings. The fourth-order valence-corrected chi connectivity index (χ4v) is 5.94. The van der Waals surface area contributed by atoms with Gasteiger partial charge in [0.2, 0.25) is 10.0 Å². The molecule has 3 aromatic rings. The minimum absolute atomic E-state index is 0.00439. The molecule has 2 atom stereocenters. The third kappa shape index (κ3) is 8.41. The summed E-state index contributed by atoms with van der Waals surface area (Å²) in [5.74, 6) is -0.0644. The second-order valence-corrected chi connectivity index (χ2v) is 11.7. The summed E-state index contributed by atoms with van der Waals surface area (Å²) < 4.78 is 28.5. The van der Waals surface area contributed by atoms with Gasteiger partial charge >= 0.3 is 6.09 Å². The van der Waals surface area contributed by atoms with Crippen molar-refractivity contribution in [3.8, 4) is 0 Å². The molecule has 0 saturated carbocycles. The zero-order chi connectivity index (χ0) is 28.4. The van der Waals surface area contributed by atoms with Crippen molar-refractivity contribution in [1.82, 2.24) is 14.2 Å². The van der Waals surface area contributed by atoms with Gasteiger partial charge in [-0.2, -0.15) is 9.21 Å². The number of aromatic nitrogens is 1. The number of carboxylic acid groups (broad SMARTS) is 1. The van der Waals surface area contributed by atoms with Gasteiger partial charge in [0, 0.05) is 32.0 Å². The number of nitrogens with zero attached hydrogens (tertiary/aromatic N) is 4. The lowest BCUT2D eigenvalue weighted by Crippen LogP contribution is -2.52. The lowest BCUT2D eigenvalue weighted by Gasteiger charge is -2.36. The van der Waals surface area contributed by atoms with Crippen molar-refractivity contribution < 1.29 is 23.4 Å². The number of hydrogen-bond donors (Lipinski definition) is 2. The van der Waals surface area contributed by atoms with Gasteiger partial charge in [-0.1, -0.05) is 61.5 Å². The maximum atomic E-state index is 13.6. The zero-order valence-corrected chi connectivity index (χ0v) is 22.8. The summed E-state index contributed by atoms with van der Waals surface area (Å²) in [5.41, 5.74) is 2.07. The molecule has 0 bridgehead atoms. The smallest absolute Gasteiger partial charge is 0.407 e. The van der Waals surface area contributed by atoms with Crippen LogP contribution >= 0.6 is 0 Å². The van der Waals surface area contributed by atoms with E-state index in [-0.39, 0.29) is 43.4 Å². The molecule has 2 aromatic carbocycles. The van der Waals surface area contributed by atoms with Gasteiger partial charge in [-0.25, -0.2) is 13.2 Å². The van der Waals surface area contributed by atoms with Crippen LogP contribution in [0.1, 0.15) is 30.5 Å². The molecule has 39 heavy (non-hydrogen) atoms. The van der Waals surface area contributed by atoms with Crippen LogP contribution in [-0.2, 0) is 29.5 Å². The Kier molecular flexibility index (Phi) is 10.7. The van der Waals surface area contributed by atoms with Crippen LogP contribution in [0.25, 0.3) is 0 Å². The first-order valence-electron chi connectivity index (χ1n) is 12.6. The summed E-state index contributed by atoms with van der Waals surface area (Å²) in [6.07, 6.45) is 0.735. The van der Waals surface area contributed by atoms with Crippen LogP contribution in [0.4, 0.5) is 4.79 Å². The van der Waals surface area contributed by atoms with Crippen LogP contribution in [0, 0.1) is 10.8 Å². The Bertz CT molecular complexity index is 1300. The Morgan fingerprint density at radius 3 is 2.13 bits per heavy atom. The molecule has 0 unspecified atom stereocenters. The number of pyridine rings is 1. The second-order valence-electron chi connectivity index (χ2n) is 9.74. The first-order chi connectivity index (χ1) is 18.6. The average molecular weight is 555 g/mol. The van der Waals surface area contributed by atoms with E-state index in [9.17, 15) is 28.3 Å². The van der Waals surface area contributed by atoms with Crippen LogP contribution in [-0.4, -0.2) is 64.1 Å². The molecule has 1 heterocycles. The molecule has 3 rings (SSSR count). The number of rotatable bonds is 14. The highest BCUT2D eigenvalue weighted by molar-refractivity contribution is 7.89. The first-order valence-corrected chi connectivity index (χ1v) is 14.0. The number of hydrogen-bond acceptors (Lipinski definition) is 7. The van der Waals surface area contributed by atoms with Gasteiger partial charge in [0.1, 0.15) is 6.54 Å². The lowest BCUT2D eigenvalue weighted by molar-refractivity contribution is 0.0337. The van der Waals surface area contributed by atoms with E-state index in [1.807, 2.05) is 44.2 Å². The van der Waals surface area contributed by atoms with Gasteiger partial charge in [-0.3, -0.25) is 9.88 Å². The van der Waals surface area contributed by atoms with Crippen molar-refractivity contribution in [3.63, 3.8) is 0 Å². The molecule has 11 heteroatoms. The van der Waals surface area contributed by atoms with Crippen molar-refractivity contribution in [2.75, 3.05) is 13.1 Å². The quantitative estimate of drug-likeness (QED) is 0.285. The number of carbonyl (C=O) groups is 1. The molecule has 0 aliphatic carbocycles. The number of sulfonamides is 1. The largest absolute Gasteiger partial charge is 0.465 e. The molecule has 2 N–H and O–H groups in total. The highest BCUT2D eigenvalue weighted by Gasteiger charge is 2.35. The number of aliphatic hydroxyl groups excluding tert-OH is 1. The van der Waals surface area contributed by atoms with Crippen LogP contribution in [0.3, 0.4) is 0 Å². The normalized spacial score (nSPS) is 13.3. The third-order valence-electron chi connectivity index (χ3n) is 6.25. The number of aliphatic hydroxyl groups is 1. The minimum atomic E-state index is -4.04. The monoisotopic (exact) mass is 554 g/mol. The van der Waals surface area contributed by atoms with E-state index in [0.717, 1.165) is 10.5 Å². The van der Waals surface area contributed by atoms with Crippen LogP contribution in [0.5, 0.6) is 0 Å². The average Bonchev–Trinajstić information content (AvgIpc) is 2.91. The fraction of sp³-hybridized carbons (Fsp3) is 0.357. The van der Waals surface area contributed by atoms with Crippen LogP contribution in [0.2, 0.25) is 0 Å². The van der Waals surface area contributed by atoms with E-state index in [4.69, 9.17) is 0 Å². The van der Waals surface area contributed by atoms with E-state index >= 15 is 0 Å². The zero-order valence-electron chi connectivity index (χ0n) is 22.0. The Morgan fingerprint density at radius 1 is 0.923 bits per heavy atom. The molecule has 1 aromatic heterocycles. The van der Waals surface area contributed by atoms with E-state index in [0.29, 0.717) is 11.1 Å². The van der Waals surface area contributed by atoms with Crippen LogP contribution < -0.4 is 0 Å². The van der Waals surface area contributed by atoms with E-state index < -0.39 is 28.3 Å². The summed E-state index contributed by atoms with van der Waals surface area (Å²) in [4.78, 5) is 28.1. The predicted octanol–water partition coefficient (Wildman–Crippen LogP) is 4.15. The highest BCUT2D eigenvalue weighted by atomic mass is 32.2. The molecule has 0 spiro atoms. The lowest BCUT2D eigenvalue weighted by atomic mass is 9.99. The van der Waals surface area contributed by atoms with Crippen molar-refractivity contribution in [2.24, 2.45) is 11.1 Å². The minimum Gasteiger partial charge on any atom is -0.465 e. The Morgan fingerprint density at radius 2 is 1.56 bits per heavy atom. The third-order valence-corrected chi connectivity index (χ3v) is 8.09. The van der Waals surface area contributed by atoms with Crippen molar-refractivity contribution in [2.45, 2.75) is 50.4 Å². The number of benzene rings is 2. The predicted molar refractivity (Wildman–Crippen MR) is 147 cm³/mol. The summed E-state index contributed by atoms with van der Waals surface area (Å²) in [7, 11) is -4.04. The summed E-state index contributed by atoms with van der Waals surface area (Å²) >= 11 is 0. The molecule has 1 amide bonds. The van der Waals surface area contributed by atoms with Gasteiger partial charge in [-0.05, 0) is 53.3 Å². The van der Waals surface area contributed by atoms with Gasteiger partial charge in [-0.15, -0.1) is 0 Å². The Hall–Kier alpha value is -3.67. The molecule has 10 nitrogen and oxygen atoms in total. The number of amides is 1. The summed E-state index contributed by atoms with van der Waals surface area (Å²) in [5, 5.41) is 24.5. The Labute approximate surface area is 229 Å². The van der Waals surface area contributed by atoms with E-state index in [2.05, 4.69) is 10.2 Å². The van der Waals surface area contributed by atoms with Crippen molar-refractivity contribution in [1.29, 1.82) is 0 Å². The van der Waals surface area contributed by atoms with Gasteiger partial charge < -0.3 is 10.2 Å². The van der Waals surface area contributed by atoms with Gasteiger partial charge in [0.05, 0.1) is 17.0 Å². The maximum Gasteiger partial charge on any atom is 0.407 e. The number of nitroso groups, excluding NO2 is 1. The topological polar surface area (TPSA) is 140 Å². The second kappa shape index (κ2) is 13.9. The first kappa shape index (κ1) is 29.9. The van der Waals surface area contributed by atoms with Gasteiger partial charge in [0.15, 0.2) is 0 Å².